The maximum absolute atomic E-state index is 10.5. The molecule has 0 aromatic heterocycles. The molecular formula is C16H24I2N2O. The molecule has 0 spiro atoms. The normalized spacial score (nSPS) is 18.1. The van der Waals surface area contributed by atoms with Crippen LogP contribution in [0.3, 0.4) is 0 Å². The predicted octanol–water partition coefficient (Wildman–Crippen LogP) is 3.98. The van der Waals surface area contributed by atoms with Crippen LogP contribution in [0.25, 0.3) is 0 Å². The first-order valence-electron chi connectivity index (χ1n) is 7.61. The lowest BCUT2D eigenvalue weighted by Crippen LogP contribution is -2.45. The van der Waals surface area contributed by atoms with Gasteiger partial charge in [0.15, 0.2) is 0 Å². The number of piperazine rings is 1. The molecule has 0 amide bonds. The number of hydrogen-bond acceptors (Lipinski definition) is 3. The number of halogens is 2. The molecule has 1 fully saturated rings. The summed E-state index contributed by atoms with van der Waals surface area (Å²) >= 11 is 4.58. The molecule has 2 rings (SSSR count). The average Bonchev–Trinajstić information content (AvgIpc) is 2.45. The molecule has 0 radical (unpaired) electrons. The van der Waals surface area contributed by atoms with Crippen molar-refractivity contribution in [2.24, 2.45) is 5.92 Å². The van der Waals surface area contributed by atoms with E-state index in [9.17, 15) is 5.11 Å². The second kappa shape index (κ2) is 8.31. The van der Waals surface area contributed by atoms with Gasteiger partial charge in [0.1, 0.15) is 5.75 Å². The number of aromatic hydroxyl groups is 1. The Labute approximate surface area is 155 Å². The molecule has 0 bridgehead atoms. The van der Waals surface area contributed by atoms with Gasteiger partial charge in [-0.2, -0.15) is 0 Å². The van der Waals surface area contributed by atoms with E-state index in [1.165, 1.54) is 9.99 Å². The van der Waals surface area contributed by atoms with Gasteiger partial charge in [0.2, 0.25) is 0 Å². The van der Waals surface area contributed by atoms with Crippen LogP contribution in [0.4, 0.5) is 0 Å². The molecule has 1 atom stereocenters. The van der Waals surface area contributed by atoms with Gasteiger partial charge >= 0.3 is 0 Å². The second-order valence-electron chi connectivity index (χ2n) is 6.10. The first kappa shape index (κ1) is 17.7. The minimum atomic E-state index is 0.331. The van der Waals surface area contributed by atoms with Gasteiger partial charge in [0.05, 0.1) is 3.57 Å². The van der Waals surface area contributed by atoms with E-state index in [0.717, 1.165) is 41.7 Å². The fourth-order valence-electron chi connectivity index (χ4n) is 2.86. The van der Waals surface area contributed by atoms with Gasteiger partial charge in [0, 0.05) is 41.4 Å². The third-order valence-corrected chi connectivity index (χ3v) is 5.47. The Kier molecular flexibility index (Phi) is 7.02. The summed E-state index contributed by atoms with van der Waals surface area (Å²) in [6.45, 7) is 8.74. The van der Waals surface area contributed by atoms with E-state index in [0.29, 0.717) is 17.7 Å². The van der Waals surface area contributed by atoms with E-state index in [4.69, 9.17) is 0 Å². The van der Waals surface area contributed by atoms with Crippen molar-refractivity contribution in [1.82, 2.24) is 10.2 Å². The largest absolute Gasteiger partial charge is 0.506 e. The molecule has 1 saturated heterocycles. The van der Waals surface area contributed by atoms with Crippen molar-refractivity contribution in [1.29, 1.82) is 0 Å². The van der Waals surface area contributed by atoms with Crippen molar-refractivity contribution in [2.75, 3.05) is 26.2 Å². The molecule has 21 heavy (non-hydrogen) atoms. The fourth-order valence-corrected chi connectivity index (χ4v) is 4.75. The number of nitrogens with one attached hydrogen (secondary N) is 1. The lowest BCUT2D eigenvalue weighted by atomic mass is 9.95. The Bertz CT molecular complexity index is 474. The molecule has 0 saturated carbocycles. The topological polar surface area (TPSA) is 35.5 Å². The highest BCUT2D eigenvalue weighted by Crippen LogP contribution is 2.37. The van der Waals surface area contributed by atoms with Crippen molar-refractivity contribution in [2.45, 2.75) is 32.7 Å². The van der Waals surface area contributed by atoms with E-state index in [1.807, 2.05) is 6.07 Å². The van der Waals surface area contributed by atoms with E-state index in [-0.39, 0.29) is 0 Å². The molecule has 1 aliphatic heterocycles. The third-order valence-electron chi connectivity index (χ3n) is 4.03. The van der Waals surface area contributed by atoms with Crippen molar-refractivity contribution in [3.63, 3.8) is 0 Å². The van der Waals surface area contributed by atoms with Crippen molar-refractivity contribution in [3.8, 4) is 5.75 Å². The Morgan fingerprint density at radius 3 is 2.48 bits per heavy atom. The van der Waals surface area contributed by atoms with Crippen LogP contribution in [0.2, 0.25) is 0 Å². The van der Waals surface area contributed by atoms with Gasteiger partial charge in [-0.1, -0.05) is 13.8 Å². The number of nitrogens with zero attached hydrogens (tertiary/aromatic N) is 1. The molecule has 0 unspecified atom stereocenters. The highest BCUT2D eigenvalue weighted by molar-refractivity contribution is 14.1. The number of rotatable bonds is 5. The predicted molar refractivity (Wildman–Crippen MR) is 105 cm³/mol. The monoisotopic (exact) mass is 514 g/mol. The summed E-state index contributed by atoms with van der Waals surface area (Å²) < 4.78 is 2.16. The molecule has 118 valence electrons. The smallest absolute Gasteiger partial charge is 0.133 e. The fraction of sp³-hybridized carbons (Fsp3) is 0.625. The Hall–Kier alpha value is 0.400. The summed E-state index contributed by atoms with van der Waals surface area (Å²) in [4.78, 5) is 2.53. The van der Waals surface area contributed by atoms with Crippen LogP contribution < -0.4 is 5.32 Å². The Morgan fingerprint density at radius 1 is 1.19 bits per heavy atom. The van der Waals surface area contributed by atoms with Gasteiger partial charge in [-0.15, -0.1) is 0 Å². The first-order valence-corrected chi connectivity index (χ1v) is 9.77. The molecule has 0 aliphatic carbocycles. The lowest BCUT2D eigenvalue weighted by Gasteiger charge is -2.36. The van der Waals surface area contributed by atoms with Crippen LogP contribution >= 0.6 is 45.2 Å². The summed E-state index contributed by atoms with van der Waals surface area (Å²) in [5.74, 6) is 1.17. The van der Waals surface area contributed by atoms with E-state index in [1.54, 1.807) is 0 Å². The van der Waals surface area contributed by atoms with E-state index < -0.39 is 0 Å². The molecule has 1 aromatic carbocycles. The van der Waals surface area contributed by atoms with Crippen LogP contribution in [0, 0.1) is 13.1 Å². The SMILES string of the molecule is CC(C)CC[C@@H](c1cc(I)cc(I)c1O)N1CCNCC1. The molecule has 1 heterocycles. The molecule has 2 N–H and O–H groups in total. The maximum Gasteiger partial charge on any atom is 0.133 e. The first-order chi connectivity index (χ1) is 9.99. The number of phenols is 1. The minimum absolute atomic E-state index is 0.331. The van der Waals surface area contributed by atoms with Crippen LogP contribution in [0.1, 0.15) is 38.3 Å². The van der Waals surface area contributed by atoms with Crippen molar-refractivity contribution < 1.29 is 5.11 Å². The molecule has 5 heteroatoms. The highest BCUT2D eigenvalue weighted by atomic mass is 127. The molecule has 3 nitrogen and oxygen atoms in total. The zero-order chi connectivity index (χ0) is 15.4. The average molecular weight is 514 g/mol. The lowest BCUT2D eigenvalue weighted by molar-refractivity contribution is 0.157. The Balaban J connectivity index is 2.29. The molecular weight excluding hydrogens is 490 g/mol. The standard InChI is InChI=1S/C16H24I2N2O/c1-11(2)3-4-15(20-7-5-19-6-8-20)13-9-12(17)10-14(18)16(13)21/h9-11,15,19,21H,3-8H2,1-2H3/t15-/m0/s1. The zero-order valence-corrected chi connectivity index (χ0v) is 17.0. The second-order valence-corrected chi connectivity index (χ2v) is 8.51. The number of hydrogen-bond donors (Lipinski definition) is 2. The zero-order valence-electron chi connectivity index (χ0n) is 12.7. The molecule has 1 aromatic rings. The van der Waals surface area contributed by atoms with Crippen LogP contribution in [-0.2, 0) is 0 Å². The maximum atomic E-state index is 10.5. The number of phenolic OH excluding ortho intramolecular Hbond substituents is 1. The Morgan fingerprint density at radius 2 is 1.86 bits per heavy atom. The summed E-state index contributed by atoms with van der Waals surface area (Å²) in [5.41, 5.74) is 1.11. The van der Waals surface area contributed by atoms with Gasteiger partial charge in [0.25, 0.3) is 0 Å². The van der Waals surface area contributed by atoms with Crippen LogP contribution in [-0.4, -0.2) is 36.2 Å². The van der Waals surface area contributed by atoms with Gasteiger partial charge in [-0.05, 0) is 76.1 Å². The quantitative estimate of drug-likeness (QED) is 0.584. The van der Waals surface area contributed by atoms with Gasteiger partial charge < -0.3 is 10.4 Å². The van der Waals surface area contributed by atoms with E-state index in [2.05, 4.69) is 75.3 Å². The summed E-state index contributed by atoms with van der Waals surface area (Å²) in [6.07, 6.45) is 2.30. The van der Waals surface area contributed by atoms with E-state index >= 15 is 0 Å². The highest BCUT2D eigenvalue weighted by Gasteiger charge is 2.25. The third kappa shape index (κ3) is 4.94. The summed E-state index contributed by atoms with van der Waals surface area (Å²) in [5, 5.41) is 14.0. The van der Waals surface area contributed by atoms with Gasteiger partial charge in [-0.3, -0.25) is 4.90 Å². The summed E-state index contributed by atoms with van der Waals surface area (Å²) in [6, 6.07) is 4.53. The van der Waals surface area contributed by atoms with Crippen molar-refractivity contribution >= 4 is 45.2 Å². The van der Waals surface area contributed by atoms with Gasteiger partial charge in [-0.25, -0.2) is 0 Å². The van der Waals surface area contributed by atoms with Crippen molar-refractivity contribution in [3.05, 3.63) is 24.8 Å². The summed E-state index contributed by atoms with van der Waals surface area (Å²) in [7, 11) is 0. The minimum Gasteiger partial charge on any atom is -0.506 e. The molecule has 1 aliphatic rings. The van der Waals surface area contributed by atoms with Crippen LogP contribution in [0.5, 0.6) is 5.75 Å². The number of benzene rings is 1. The van der Waals surface area contributed by atoms with Crippen LogP contribution in [0.15, 0.2) is 12.1 Å².